The quantitative estimate of drug-likeness (QED) is 0.469. The van der Waals surface area contributed by atoms with Crippen LogP contribution in [0.5, 0.6) is 0 Å². The number of carbonyl (C=O) groups excluding carboxylic acids is 2. The van der Waals surface area contributed by atoms with Gasteiger partial charge in [-0.15, -0.1) is 0 Å². The maximum atomic E-state index is 14.5. The zero-order valence-corrected chi connectivity index (χ0v) is 15.4. The Morgan fingerprint density at radius 2 is 1.92 bits per heavy atom. The maximum absolute atomic E-state index is 14.5. The van der Waals surface area contributed by atoms with E-state index in [0.717, 1.165) is 19.4 Å². The van der Waals surface area contributed by atoms with Crippen molar-refractivity contribution in [3.8, 4) is 0 Å². The number of likely N-dealkylation sites (tertiary alicyclic amines) is 1. The third kappa shape index (κ3) is 4.12. The SMILES string of the molecule is CC1CCCCN1Cc1ccc(C=C2C(=O)OC(C)(C)OC2=O)cc1F. The molecule has 0 radical (unpaired) electrons. The van der Waals surface area contributed by atoms with Crippen molar-refractivity contribution in [3.63, 3.8) is 0 Å². The Bertz CT molecular complexity index is 734. The molecule has 0 amide bonds. The lowest BCUT2D eigenvalue weighted by atomic mass is 10.0. The van der Waals surface area contributed by atoms with Gasteiger partial charge in [0.25, 0.3) is 5.79 Å². The fourth-order valence-electron chi connectivity index (χ4n) is 3.34. The van der Waals surface area contributed by atoms with E-state index in [0.29, 0.717) is 23.7 Å². The highest BCUT2D eigenvalue weighted by Gasteiger charge is 2.38. The second kappa shape index (κ2) is 7.19. The molecule has 2 aliphatic heterocycles. The number of rotatable bonds is 3. The minimum absolute atomic E-state index is 0.235. The van der Waals surface area contributed by atoms with Gasteiger partial charge in [0.05, 0.1) is 0 Å². The first-order chi connectivity index (χ1) is 12.2. The van der Waals surface area contributed by atoms with Crippen LogP contribution in [0.3, 0.4) is 0 Å². The highest BCUT2D eigenvalue weighted by Crippen LogP contribution is 2.25. The topological polar surface area (TPSA) is 55.8 Å². The molecule has 2 aliphatic rings. The van der Waals surface area contributed by atoms with Crippen molar-refractivity contribution in [3.05, 3.63) is 40.7 Å². The zero-order chi connectivity index (χ0) is 18.9. The summed E-state index contributed by atoms with van der Waals surface area (Å²) in [7, 11) is 0. The molecule has 26 heavy (non-hydrogen) atoms. The van der Waals surface area contributed by atoms with Gasteiger partial charge in [-0.05, 0) is 44.0 Å². The Hall–Kier alpha value is -2.21. The monoisotopic (exact) mass is 361 g/mol. The van der Waals surface area contributed by atoms with Crippen LogP contribution in [-0.2, 0) is 25.6 Å². The molecule has 6 heteroatoms. The van der Waals surface area contributed by atoms with E-state index in [9.17, 15) is 14.0 Å². The minimum Gasteiger partial charge on any atom is -0.419 e. The average molecular weight is 361 g/mol. The van der Waals surface area contributed by atoms with Crippen LogP contribution in [0.2, 0.25) is 0 Å². The van der Waals surface area contributed by atoms with Crippen molar-refractivity contribution in [2.75, 3.05) is 6.54 Å². The number of nitrogens with zero attached hydrogens (tertiary/aromatic N) is 1. The summed E-state index contributed by atoms with van der Waals surface area (Å²) in [5.41, 5.74) is 0.790. The fourth-order valence-corrected chi connectivity index (χ4v) is 3.34. The van der Waals surface area contributed by atoms with Crippen molar-refractivity contribution >= 4 is 18.0 Å². The molecule has 1 atom stereocenters. The highest BCUT2D eigenvalue weighted by atomic mass is 19.1. The molecule has 0 aromatic heterocycles. The van der Waals surface area contributed by atoms with Crippen molar-refractivity contribution < 1.29 is 23.5 Å². The van der Waals surface area contributed by atoms with Crippen LogP contribution >= 0.6 is 0 Å². The number of halogens is 1. The van der Waals surface area contributed by atoms with Crippen LogP contribution in [0.25, 0.3) is 6.08 Å². The van der Waals surface area contributed by atoms with Gasteiger partial charge >= 0.3 is 11.9 Å². The normalized spacial score (nSPS) is 23.4. The Balaban J connectivity index is 1.77. The molecule has 0 saturated carbocycles. The second-order valence-electron chi connectivity index (χ2n) is 7.40. The lowest BCUT2D eigenvalue weighted by Crippen LogP contribution is -2.41. The number of benzene rings is 1. The van der Waals surface area contributed by atoms with Crippen LogP contribution in [0.15, 0.2) is 23.8 Å². The summed E-state index contributed by atoms with van der Waals surface area (Å²) in [5, 5.41) is 0. The molecule has 0 aliphatic carbocycles. The Morgan fingerprint density at radius 1 is 1.23 bits per heavy atom. The molecular formula is C20H24FNO4. The molecule has 0 N–H and O–H groups in total. The molecule has 2 fully saturated rings. The third-order valence-corrected chi connectivity index (χ3v) is 4.82. The summed E-state index contributed by atoms with van der Waals surface area (Å²) in [6, 6.07) is 5.17. The van der Waals surface area contributed by atoms with E-state index in [1.54, 1.807) is 12.1 Å². The van der Waals surface area contributed by atoms with Gasteiger partial charge in [0.1, 0.15) is 11.4 Å². The van der Waals surface area contributed by atoms with Gasteiger partial charge in [-0.2, -0.15) is 0 Å². The van der Waals surface area contributed by atoms with E-state index < -0.39 is 17.7 Å². The lowest BCUT2D eigenvalue weighted by Gasteiger charge is -2.33. The number of esters is 2. The van der Waals surface area contributed by atoms with Crippen molar-refractivity contribution in [2.45, 2.75) is 58.4 Å². The molecule has 5 nitrogen and oxygen atoms in total. The van der Waals surface area contributed by atoms with Crippen LogP contribution in [-0.4, -0.2) is 35.2 Å². The molecule has 1 aromatic rings. The number of piperidine rings is 1. The Labute approximate surface area is 152 Å². The predicted octanol–water partition coefficient (Wildman–Crippen LogP) is 3.42. The van der Waals surface area contributed by atoms with Crippen molar-refractivity contribution in [1.82, 2.24) is 4.90 Å². The molecule has 3 rings (SSSR count). The summed E-state index contributed by atoms with van der Waals surface area (Å²) >= 11 is 0. The first-order valence-corrected chi connectivity index (χ1v) is 8.96. The summed E-state index contributed by atoms with van der Waals surface area (Å²) < 4.78 is 24.6. The molecular weight excluding hydrogens is 337 g/mol. The van der Waals surface area contributed by atoms with Crippen LogP contribution < -0.4 is 0 Å². The van der Waals surface area contributed by atoms with Gasteiger partial charge in [0.15, 0.2) is 0 Å². The van der Waals surface area contributed by atoms with E-state index in [1.807, 2.05) is 0 Å². The maximum Gasteiger partial charge on any atom is 0.348 e. The number of cyclic esters (lactones) is 2. The minimum atomic E-state index is -1.29. The van der Waals surface area contributed by atoms with Gasteiger partial charge in [-0.3, -0.25) is 4.90 Å². The van der Waals surface area contributed by atoms with Gasteiger partial charge in [0.2, 0.25) is 0 Å². The lowest BCUT2D eigenvalue weighted by molar-refractivity contribution is -0.222. The van der Waals surface area contributed by atoms with E-state index >= 15 is 0 Å². The molecule has 140 valence electrons. The van der Waals surface area contributed by atoms with Crippen LogP contribution in [0.4, 0.5) is 4.39 Å². The first-order valence-electron chi connectivity index (χ1n) is 8.96. The summed E-state index contributed by atoms with van der Waals surface area (Å²) in [4.78, 5) is 26.2. The molecule has 2 saturated heterocycles. The first kappa shape index (κ1) is 18.6. The standard InChI is InChI=1S/C20H24FNO4/c1-13-6-4-5-9-22(13)12-15-8-7-14(11-17(15)21)10-16-18(23)25-20(2,3)26-19(16)24/h7-8,10-11,13H,4-6,9,12H2,1-3H3. The van der Waals surface area contributed by atoms with Crippen molar-refractivity contribution in [2.24, 2.45) is 0 Å². The van der Waals surface area contributed by atoms with Gasteiger partial charge in [-0.25, -0.2) is 14.0 Å². The molecule has 1 aromatic carbocycles. The summed E-state index contributed by atoms with van der Waals surface area (Å²) in [5.74, 6) is -3.17. The Morgan fingerprint density at radius 3 is 2.54 bits per heavy atom. The molecule has 2 heterocycles. The number of ether oxygens (including phenoxy) is 2. The molecule has 0 spiro atoms. The smallest absolute Gasteiger partial charge is 0.348 e. The highest BCUT2D eigenvalue weighted by molar-refractivity contribution is 6.18. The van der Waals surface area contributed by atoms with Crippen molar-refractivity contribution in [1.29, 1.82) is 0 Å². The zero-order valence-electron chi connectivity index (χ0n) is 15.4. The van der Waals surface area contributed by atoms with E-state index in [4.69, 9.17) is 9.47 Å². The molecule has 0 bridgehead atoms. The van der Waals surface area contributed by atoms with E-state index in [-0.39, 0.29) is 11.4 Å². The van der Waals surface area contributed by atoms with Gasteiger partial charge in [-0.1, -0.05) is 18.6 Å². The number of carbonyl (C=O) groups is 2. The van der Waals surface area contributed by atoms with Gasteiger partial charge < -0.3 is 9.47 Å². The number of hydrogen-bond donors (Lipinski definition) is 0. The number of hydrogen-bond acceptors (Lipinski definition) is 5. The third-order valence-electron chi connectivity index (χ3n) is 4.82. The molecule has 1 unspecified atom stereocenters. The van der Waals surface area contributed by atoms with Crippen LogP contribution in [0, 0.1) is 5.82 Å². The second-order valence-corrected chi connectivity index (χ2v) is 7.40. The summed E-state index contributed by atoms with van der Waals surface area (Å²) in [6.45, 7) is 6.66. The van der Waals surface area contributed by atoms with Crippen LogP contribution in [0.1, 0.15) is 51.2 Å². The average Bonchev–Trinajstić information content (AvgIpc) is 2.54. The largest absolute Gasteiger partial charge is 0.419 e. The predicted molar refractivity (Wildman–Crippen MR) is 94.4 cm³/mol. The Kier molecular flexibility index (Phi) is 5.14. The fraction of sp³-hybridized carbons (Fsp3) is 0.500. The van der Waals surface area contributed by atoms with E-state index in [1.165, 1.54) is 32.4 Å². The van der Waals surface area contributed by atoms with E-state index in [2.05, 4.69) is 11.8 Å². The summed E-state index contributed by atoms with van der Waals surface area (Å²) in [6.07, 6.45) is 4.79. The van der Waals surface area contributed by atoms with Gasteiger partial charge in [0, 0.05) is 32.0 Å².